The number of benzene rings is 3. The first-order valence-electron chi connectivity index (χ1n) is 9.75. The average molecular weight is 418 g/mol. The van der Waals surface area contributed by atoms with Crippen LogP contribution in [0.2, 0.25) is 0 Å². The molecular weight excluding hydrogens is 398 g/mol. The van der Waals surface area contributed by atoms with Crippen LogP contribution in [0.3, 0.4) is 0 Å². The first-order chi connectivity index (χ1) is 14.8. The van der Waals surface area contributed by atoms with E-state index in [1.807, 2.05) is 51.1 Å². The van der Waals surface area contributed by atoms with Gasteiger partial charge in [0.25, 0.3) is 11.8 Å². The molecule has 0 saturated heterocycles. The second kappa shape index (κ2) is 7.80. The normalized spacial score (nSPS) is 13.9. The van der Waals surface area contributed by atoms with Crippen LogP contribution in [0.5, 0.6) is 0 Å². The average Bonchev–Trinajstić information content (AvgIpc) is 2.97. The fourth-order valence-electron chi connectivity index (χ4n) is 3.46. The molecule has 1 aliphatic heterocycles. The van der Waals surface area contributed by atoms with Gasteiger partial charge in [0.15, 0.2) is 11.6 Å². The van der Waals surface area contributed by atoms with Crippen LogP contribution >= 0.6 is 0 Å². The van der Waals surface area contributed by atoms with Crippen molar-refractivity contribution in [1.29, 1.82) is 0 Å². The van der Waals surface area contributed by atoms with Gasteiger partial charge in [0.05, 0.1) is 11.3 Å². The lowest BCUT2D eigenvalue weighted by molar-refractivity contribution is -0.120. The topological polar surface area (TPSA) is 49.4 Å². The van der Waals surface area contributed by atoms with Gasteiger partial charge >= 0.3 is 0 Å². The molecule has 0 spiro atoms. The summed E-state index contributed by atoms with van der Waals surface area (Å²) in [5.41, 5.74) is 4.55. The number of carbonyl (C=O) groups is 2. The number of hydrogen-bond acceptors (Lipinski definition) is 3. The van der Waals surface area contributed by atoms with E-state index in [-0.39, 0.29) is 17.0 Å². The highest BCUT2D eigenvalue weighted by Crippen LogP contribution is 2.34. The second-order valence-corrected chi connectivity index (χ2v) is 7.58. The number of nitrogens with one attached hydrogen (secondary N) is 1. The predicted molar refractivity (Wildman–Crippen MR) is 116 cm³/mol. The first-order valence-corrected chi connectivity index (χ1v) is 9.75. The van der Waals surface area contributed by atoms with E-state index >= 15 is 0 Å². The van der Waals surface area contributed by atoms with Crippen molar-refractivity contribution < 1.29 is 18.4 Å². The number of carbonyl (C=O) groups excluding carboxylic acids is 2. The third-order valence-electron chi connectivity index (χ3n) is 5.36. The van der Waals surface area contributed by atoms with E-state index in [2.05, 4.69) is 5.32 Å². The quantitative estimate of drug-likeness (QED) is 0.586. The van der Waals surface area contributed by atoms with Gasteiger partial charge < -0.3 is 5.32 Å². The van der Waals surface area contributed by atoms with Crippen molar-refractivity contribution in [3.8, 4) is 0 Å². The molecule has 4 rings (SSSR count). The van der Waals surface area contributed by atoms with Gasteiger partial charge in [0.2, 0.25) is 0 Å². The Balaban J connectivity index is 1.83. The second-order valence-electron chi connectivity index (χ2n) is 7.58. The monoisotopic (exact) mass is 418 g/mol. The molecule has 1 heterocycles. The smallest absolute Gasteiger partial charge is 0.282 e. The van der Waals surface area contributed by atoms with Crippen LogP contribution in [0.1, 0.15) is 22.3 Å². The summed E-state index contributed by atoms with van der Waals surface area (Å²) in [7, 11) is 0. The Labute approximate surface area is 178 Å². The zero-order chi connectivity index (χ0) is 22.3. The fraction of sp³-hybridized carbons (Fsp3) is 0.120. The number of hydrogen-bond donors (Lipinski definition) is 1. The standard InChI is InChI=1S/C25H20F2N2O2/c1-14-4-7-17(8-5-14)22-23(28-18-9-6-15(2)16(3)12-18)25(31)29(24(22)30)19-10-11-20(26)21(27)13-19/h4-13,28H,1-3H3. The maximum absolute atomic E-state index is 13.8. The number of amides is 2. The number of imide groups is 1. The molecule has 0 unspecified atom stereocenters. The van der Waals surface area contributed by atoms with Crippen molar-refractivity contribution in [2.75, 3.05) is 10.2 Å². The van der Waals surface area contributed by atoms with Gasteiger partial charge in [0, 0.05) is 11.8 Å². The summed E-state index contributed by atoms with van der Waals surface area (Å²) in [6, 6.07) is 15.8. The predicted octanol–water partition coefficient (Wildman–Crippen LogP) is 5.29. The zero-order valence-corrected chi connectivity index (χ0v) is 17.3. The van der Waals surface area contributed by atoms with Gasteiger partial charge in [-0.2, -0.15) is 0 Å². The lowest BCUT2D eigenvalue weighted by atomic mass is 10.0. The molecule has 0 radical (unpaired) electrons. The van der Waals surface area contributed by atoms with Gasteiger partial charge in [-0.05, 0) is 61.7 Å². The molecule has 0 fully saturated rings. The lowest BCUT2D eigenvalue weighted by Crippen LogP contribution is -2.32. The van der Waals surface area contributed by atoms with Gasteiger partial charge in [-0.1, -0.05) is 35.9 Å². The van der Waals surface area contributed by atoms with Crippen molar-refractivity contribution in [1.82, 2.24) is 0 Å². The van der Waals surface area contributed by atoms with Crippen molar-refractivity contribution in [3.05, 3.63) is 100 Å². The van der Waals surface area contributed by atoms with Gasteiger partial charge in [-0.3, -0.25) is 9.59 Å². The Morgan fingerprint density at radius 1 is 0.742 bits per heavy atom. The molecule has 1 aliphatic rings. The highest BCUT2D eigenvalue weighted by molar-refractivity contribution is 6.46. The minimum absolute atomic E-state index is 0.0320. The number of anilines is 2. The zero-order valence-electron chi connectivity index (χ0n) is 17.3. The Kier molecular flexibility index (Phi) is 5.15. The highest BCUT2D eigenvalue weighted by atomic mass is 19.2. The van der Waals surface area contributed by atoms with E-state index in [9.17, 15) is 18.4 Å². The number of rotatable bonds is 4. The Hall–Kier alpha value is -3.80. The molecule has 2 amide bonds. The molecular formula is C25H20F2N2O2. The van der Waals surface area contributed by atoms with Crippen molar-refractivity contribution >= 4 is 28.8 Å². The summed E-state index contributed by atoms with van der Waals surface area (Å²) < 4.78 is 27.2. The molecule has 4 nitrogen and oxygen atoms in total. The number of aryl methyl sites for hydroxylation is 3. The Morgan fingerprint density at radius 3 is 2.10 bits per heavy atom. The van der Waals surface area contributed by atoms with Crippen molar-refractivity contribution in [3.63, 3.8) is 0 Å². The molecule has 0 aromatic heterocycles. The molecule has 0 saturated carbocycles. The Morgan fingerprint density at radius 2 is 1.45 bits per heavy atom. The van der Waals surface area contributed by atoms with Crippen LogP contribution in [-0.2, 0) is 9.59 Å². The minimum atomic E-state index is -1.13. The maximum Gasteiger partial charge on any atom is 0.282 e. The number of nitrogens with zero attached hydrogens (tertiary/aromatic N) is 1. The van der Waals surface area contributed by atoms with Crippen LogP contribution in [0.4, 0.5) is 20.2 Å². The maximum atomic E-state index is 13.8. The molecule has 6 heteroatoms. The summed E-state index contributed by atoms with van der Waals surface area (Å²) in [6.45, 7) is 5.85. The Bertz CT molecular complexity index is 1250. The summed E-state index contributed by atoms with van der Waals surface area (Å²) in [4.78, 5) is 27.5. The molecule has 3 aromatic carbocycles. The van der Waals surface area contributed by atoms with E-state index in [0.717, 1.165) is 33.7 Å². The van der Waals surface area contributed by atoms with E-state index in [0.29, 0.717) is 11.3 Å². The van der Waals surface area contributed by atoms with Crippen LogP contribution in [0.25, 0.3) is 5.57 Å². The lowest BCUT2D eigenvalue weighted by Gasteiger charge is -2.16. The summed E-state index contributed by atoms with van der Waals surface area (Å²) >= 11 is 0. The van der Waals surface area contributed by atoms with Crippen LogP contribution in [-0.4, -0.2) is 11.8 Å². The largest absolute Gasteiger partial charge is 0.350 e. The molecule has 31 heavy (non-hydrogen) atoms. The fourth-order valence-corrected chi connectivity index (χ4v) is 3.46. The molecule has 3 aromatic rings. The van der Waals surface area contributed by atoms with Crippen molar-refractivity contribution in [2.45, 2.75) is 20.8 Å². The number of halogens is 2. The van der Waals surface area contributed by atoms with Crippen LogP contribution < -0.4 is 10.2 Å². The highest BCUT2D eigenvalue weighted by Gasteiger charge is 2.40. The molecule has 156 valence electrons. The first kappa shape index (κ1) is 20.5. The third-order valence-corrected chi connectivity index (χ3v) is 5.36. The van der Waals surface area contributed by atoms with Crippen LogP contribution in [0.15, 0.2) is 66.4 Å². The molecule has 1 N–H and O–H groups in total. The van der Waals surface area contributed by atoms with E-state index in [1.165, 1.54) is 6.07 Å². The molecule has 0 atom stereocenters. The van der Waals surface area contributed by atoms with E-state index < -0.39 is 23.4 Å². The van der Waals surface area contributed by atoms with Gasteiger partial charge in [0.1, 0.15) is 5.70 Å². The molecule has 0 bridgehead atoms. The SMILES string of the molecule is Cc1ccc(C2=C(Nc3ccc(C)c(C)c3)C(=O)N(c3ccc(F)c(F)c3)C2=O)cc1. The summed E-state index contributed by atoms with van der Waals surface area (Å²) in [6.07, 6.45) is 0. The third kappa shape index (κ3) is 3.72. The summed E-state index contributed by atoms with van der Waals surface area (Å²) in [5, 5.41) is 3.08. The minimum Gasteiger partial charge on any atom is -0.350 e. The summed E-state index contributed by atoms with van der Waals surface area (Å²) in [5.74, 6) is -3.43. The van der Waals surface area contributed by atoms with Crippen molar-refractivity contribution in [2.24, 2.45) is 0 Å². The van der Waals surface area contributed by atoms with E-state index in [4.69, 9.17) is 0 Å². The van der Waals surface area contributed by atoms with Gasteiger partial charge in [-0.25, -0.2) is 13.7 Å². The molecule has 0 aliphatic carbocycles. The van der Waals surface area contributed by atoms with E-state index in [1.54, 1.807) is 12.1 Å². The van der Waals surface area contributed by atoms with Crippen LogP contribution in [0, 0.1) is 32.4 Å². The van der Waals surface area contributed by atoms with Gasteiger partial charge in [-0.15, -0.1) is 0 Å².